The zero-order chi connectivity index (χ0) is 19.2. The van der Waals surface area contributed by atoms with Crippen molar-refractivity contribution in [1.29, 1.82) is 0 Å². The van der Waals surface area contributed by atoms with Crippen molar-refractivity contribution >= 4 is 28.9 Å². The molecule has 0 aliphatic carbocycles. The van der Waals surface area contributed by atoms with Crippen molar-refractivity contribution in [3.05, 3.63) is 69.2 Å². The van der Waals surface area contributed by atoms with E-state index in [9.17, 15) is 14.9 Å². The molecule has 0 unspecified atom stereocenters. The van der Waals surface area contributed by atoms with E-state index in [1.54, 1.807) is 12.1 Å². The van der Waals surface area contributed by atoms with Crippen LogP contribution in [0.25, 0.3) is 0 Å². The number of hydrogen-bond acceptors (Lipinski definition) is 5. The number of halogens is 1. The molecule has 1 saturated heterocycles. The van der Waals surface area contributed by atoms with Gasteiger partial charge < -0.3 is 10.2 Å². The molecule has 1 heterocycles. The third-order valence-electron chi connectivity index (χ3n) is 4.55. The van der Waals surface area contributed by atoms with E-state index in [0.717, 1.165) is 5.56 Å². The Morgan fingerprint density at radius 2 is 1.81 bits per heavy atom. The van der Waals surface area contributed by atoms with Crippen molar-refractivity contribution in [2.45, 2.75) is 6.54 Å². The van der Waals surface area contributed by atoms with Crippen molar-refractivity contribution < 1.29 is 9.72 Å². The van der Waals surface area contributed by atoms with E-state index in [-0.39, 0.29) is 11.6 Å². The second-order valence-corrected chi connectivity index (χ2v) is 6.85. The van der Waals surface area contributed by atoms with E-state index in [1.165, 1.54) is 6.07 Å². The molecule has 0 saturated carbocycles. The average molecular weight is 389 g/mol. The van der Waals surface area contributed by atoms with Crippen LogP contribution in [-0.4, -0.2) is 48.5 Å². The molecular formula is C19H21ClN4O3. The van der Waals surface area contributed by atoms with Gasteiger partial charge in [-0.15, -0.1) is 0 Å². The first-order valence-corrected chi connectivity index (χ1v) is 9.12. The molecule has 2 aromatic carbocycles. The zero-order valence-corrected chi connectivity index (χ0v) is 15.6. The number of rotatable bonds is 6. The predicted octanol–water partition coefficient (Wildman–Crippen LogP) is 2.69. The van der Waals surface area contributed by atoms with Crippen molar-refractivity contribution in [2.24, 2.45) is 0 Å². The van der Waals surface area contributed by atoms with Gasteiger partial charge in [-0.2, -0.15) is 0 Å². The summed E-state index contributed by atoms with van der Waals surface area (Å²) in [5.74, 6) is -0.0234. The van der Waals surface area contributed by atoms with Crippen molar-refractivity contribution in [1.82, 2.24) is 10.2 Å². The van der Waals surface area contributed by atoms with Gasteiger partial charge in [0.2, 0.25) is 5.91 Å². The maximum Gasteiger partial charge on any atom is 0.294 e. The lowest BCUT2D eigenvalue weighted by Crippen LogP contribution is -2.49. The smallest absolute Gasteiger partial charge is 0.294 e. The summed E-state index contributed by atoms with van der Waals surface area (Å²) < 4.78 is 0. The van der Waals surface area contributed by atoms with Gasteiger partial charge in [0.05, 0.1) is 11.5 Å². The Kier molecular flexibility index (Phi) is 6.26. The molecule has 7 nitrogen and oxygen atoms in total. The molecule has 1 aliphatic heterocycles. The molecule has 1 amide bonds. The molecule has 1 N–H and O–H groups in total. The van der Waals surface area contributed by atoms with E-state index < -0.39 is 4.92 Å². The Morgan fingerprint density at radius 3 is 2.48 bits per heavy atom. The highest BCUT2D eigenvalue weighted by atomic mass is 35.5. The highest BCUT2D eigenvalue weighted by Crippen LogP contribution is 2.31. The summed E-state index contributed by atoms with van der Waals surface area (Å²) in [5.41, 5.74) is 1.64. The van der Waals surface area contributed by atoms with Gasteiger partial charge in [-0.05, 0) is 17.7 Å². The summed E-state index contributed by atoms with van der Waals surface area (Å²) in [6, 6.07) is 14.5. The minimum atomic E-state index is -0.412. The van der Waals surface area contributed by atoms with E-state index in [1.807, 2.05) is 35.2 Å². The minimum Gasteiger partial charge on any atom is -0.363 e. The molecule has 0 spiro atoms. The van der Waals surface area contributed by atoms with Crippen molar-refractivity contribution in [3.8, 4) is 0 Å². The Labute approximate surface area is 162 Å². The lowest BCUT2D eigenvalue weighted by atomic mass is 10.2. The summed E-state index contributed by atoms with van der Waals surface area (Å²) >= 11 is 5.88. The predicted molar refractivity (Wildman–Crippen MR) is 105 cm³/mol. The van der Waals surface area contributed by atoms with Gasteiger partial charge in [0, 0.05) is 43.8 Å². The second-order valence-electron chi connectivity index (χ2n) is 6.42. The first-order chi connectivity index (χ1) is 13.0. The van der Waals surface area contributed by atoms with E-state index in [2.05, 4.69) is 10.2 Å². The van der Waals surface area contributed by atoms with Crippen LogP contribution in [0, 0.1) is 10.1 Å². The van der Waals surface area contributed by atoms with Crippen LogP contribution in [0.5, 0.6) is 0 Å². The largest absolute Gasteiger partial charge is 0.363 e. The molecular weight excluding hydrogens is 368 g/mol. The normalized spacial score (nSPS) is 14.8. The highest BCUT2D eigenvalue weighted by Gasteiger charge is 2.24. The van der Waals surface area contributed by atoms with E-state index in [0.29, 0.717) is 50.0 Å². The Balaban J connectivity index is 1.50. The fourth-order valence-corrected chi connectivity index (χ4v) is 3.28. The molecule has 0 aromatic heterocycles. The maximum atomic E-state index is 12.1. The summed E-state index contributed by atoms with van der Waals surface area (Å²) in [6.07, 6.45) is 0. The number of carbonyl (C=O) groups is 1. The van der Waals surface area contributed by atoms with Crippen LogP contribution < -0.4 is 10.2 Å². The second kappa shape index (κ2) is 8.83. The third kappa shape index (κ3) is 5.18. The number of nitrogens with one attached hydrogen (secondary N) is 1. The summed E-state index contributed by atoms with van der Waals surface area (Å²) in [4.78, 5) is 27.0. The van der Waals surface area contributed by atoms with Gasteiger partial charge in [0.1, 0.15) is 5.69 Å². The standard InChI is InChI=1S/C19H21ClN4O3/c20-16-6-7-17(18(12-16)24(26)27)23-10-8-22(9-11-23)14-19(25)21-13-15-4-2-1-3-5-15/h1-7,12H,8-11,13-14H2,(H,21,25). The lowest BCUT2D eigenvalue weighted by Gasteiger charge is -2.35. The number of anilines is 1. The lowest BCUT2D eigenvalue weighted by molar-refractivity contribution is -0.384. The van der Waals surface area contributed by atoms with Crippen LogP contribution in [0.15, 0.2) is 48.5 Å². The van der Waals surface area contributed by atoms with E-state index in [4.69, 9.17) is 11.6 Å². The number of benzene rings is 2. The SMILES string of the molecule is O=C(CN1CCN(c2ccc(Cl)cc2[N+](=O)[O-])CC1)NCc1ccccc1. The number of hydrogen-bond donors (Lipinski definition) is 1. The van der Waals surface area contributed by atoms with Crippen molar-refractivity contribution in [2.75, 3.05) is 37.6 Å². The van der Waals surface area contributed by atoms with Crippen LogP contribution in [0.2, 0.25) is 5.02 Å². The van der Waals surface area contributed by atoms with Gasteiger partial charge in [-0.1, -0.05) is 41.9 Å². The van der Waals surface area contributed by atoms with Crippen LogP contribution in [-0.2, 0) is 11.3 Å². The Bertz CT molecular complexity index is 808. The number of carbonyl (C=O) groups excluding carboxylic acids is 1. The first kappa shape index (κ1) is 19.1. The molecule has 3 rings (SSSR count). The maximum absolute atomic E-state index is 12.1. The average Bonchev–Trinajstić information content (AvgIpc) is 2.68. The fraction of sp³-hybridized carbons (Fsp3) is 0.316. The Morgan fingerprint density at radius 1 is 1.11 bits per heavy atom. The number of piperazine rings is 1. The zero-order valence-electron chi connectivity index (χ0n) is 14.8. The molecule has 0 radical (unpaired) electrons. The van der Waals surface area contributed by atoms with Crippen LogP contribution in [0.4, 0.5) is 11.4 Å². The van der Waals surface area contributed by atoms with Gasteiger partial charge in [0.15, 0.2) is 0 Å². The minimum absolute atomic E-state index is 0.0107. The summed E-state index contributed by atoms with van der Waals surface area (Å²) in [7, 11) is 0. The third-order valence-corrected chi connectivity index (χ3v) is 4.78. The van der Waals surface area contributed by atoms with Gasteiger partial charge >= 0.3 is 0 Å². The molecule has 1 fully saturated rings. The topological polar surface area (TPSA) is 78.7 Å². The number of nitro benzene ring substituents is 1. The quantitative estimate of drug-likeness (QED) is 0.608. The van der Waals surface area contributed by atoms with Crippen LogP contribution in [0.3, 0.4) is 0 Å². The molecule has 0 bridgehead atoms. The molecule has 142 valence electrons. The molecule has 1 aliphatic rings. The summed E-state index contributed by atoms with van der Waals surface area (Å²) in [5, 5.41) is 14.5. The Hall–Kier alpha value is -2.64. The van der Waals surface area contributed by atoms with Crippen LogP contribution in [0.1, 0.15) is 5.56 Å². The monoisotopic (exact) mass is 388 g/mol. The fourth-order valence-electron chi connectivity index (χ4n) is 3.11. The first-order valence-electron chi connectivity index (χ1n) is 8.75. The number of nitrogens with zero attached hydrogens (tertiary/aromatic N) is 3. The van der Waals surface area contributed by atoms with E-state index >= 15 is 0 Å². The number of nitro groups is 1. The van der Waals surface area contributed by atoms with Gasteiger partial charge in [-0.3, -0.25) is 19.8 Å². The molecule has 27 heavy (non-hydrogen) atoms. The van der Waals surface area contributed by atoms with Gasteiger partial charge in [0.25, 0.3) is 5.69 Å². The molecule has 8 heteroatoms. The summed E-state index contributed by atoms with van der Waals surface area (Å²) in [6.45, 7) is 3.40. The van der Waals surface area contributed by atoms with Gasteiger partial charge in [-0.25, -0.2) is 0 Å². The van der Waals surface area contributed by atoms with Crippen LogP contribution >= 0.6 is 11.6 Å². The highest BCUT2D eigenvalue weighted by molar-refractivity contribution is 6.30. The molecule has 2 aromatic rings. The van der Waals surface area contributed by atoms with Crippen molar-refractivity contribution in [3.63, 3.8) is 0 Å². The number of amides is 1. The molecule has 0 atom stereocenters.